The Kier molecular flexibility index (Phi) is 3.92. The molecule has 0 aromatic heterocycles. The molecule has 1 heterocycles. The third-order valence-corrected chi connectivity index (χ3v) is 4.57. The Morgan fingerprint density at radius 1 is 1.20 bits per heavy atom. The van der Waals surface area contributed by atoms with Crippen LogP contribution in [0.25, 0.3) is 0 Å². The lowest BCUT2D eigenvalue weighted by atomic mass is 9.94. The van der Waals surface area contributed by atoms with E-state index in [2.05, 4.69) is 30.5 Å². The molecule has 3 rings (SSSR count). The second-order valence-corrected chi connectivity index (χ2v) is 6.22. The first kappa shape index (κ1) is 13.8. The van der Waals surface area contributed by atoms with Crippen LogP contribution < -0.4 is 10.5 Å². The number of halogens is 1. The van der Waals surface area contributed by atoms with Crippen LogP contribution in [0.1, 0.15) is 29.7 Å². The van der Waals surface area contributed by atoms with Gasteiger partial charge in [-0.15, -0.1) is 11.8 Å². The van der Waals surface area contributed by atoms with E-state index in [1.807, 2.05) is 18.2 Å². The molecule has 2 atom stereocenters. The van der Waals surface area contributed by atoms with Crippen molar-refractivity contribution in [2.24, 2.45) is 5.73 Å². The maximum atomic E-state index is 6.26. The highest BCUT2D eigenvalue weighted by Crippen LogP contribution is 2.40. The van der Waals surface area contributed by atoms with E-state index in [-0.39, 0.29) is 12.1 Å². The summed E-state index contributed by atoms with van der Waals surface area (Å²) in [7, 11) is 0. The highest BCUT2D eigenvalue weighted by Gasteiger charge is 2.27. The maximum absolute atomic E-state index is 6.26. The molecule has 104 valence electrons. The molecule has 2 N–H and O–H groups in total. The zero-order chi connectivity index (χ0) is 14.1. The van der Waals surface area contributed by atoms with Gasteiger partial charge in [0, 0.05) is 27.9 Å². The van der Waals surface area contributed by atoms with Crippen LogP contribution in [0.4, 0.5) is 0 Å². The molecule has 0 aliphatic carbocycles. The largest absolute Gasteiger partial charge is 0.485 e. The van der Waals surface area contributed by atoms with Crippen molar-refractivity contribution in [3.63, 3.8) is 0 Å². The third-order valence-electron chi connectivity index (χ3n) is 3.60. The van der Waals surface area contributed by atoms with Crippen molar-refractivity contribution in [1.29, 1.82) is 0 Å². The predicted molar refractivity (Wildman–Crippen MR) is 84.6 cm³/mol. The number of ether oxygens (including phenoxy) is 1. The van der Waals surface area contributed by atoms with Gasteiger partial charge in [0.05, 0.1) is 0 Å². The molecule has 0 amide bonds. The van der Waals surface area contributed by atoms with Gasteiger partial charge in [0.25, 0.3) is 0 Å². The number of fused-ring (bicyclic) bond motifs is 1. The van der Waals surface area contributed by atoms with E-state index in [1.165, 1.54) is 10.5 Å². The molecule has 4 heteroatoms. The van der Waals surface area contributed by atoms with E-state index >= 15 is 0 Å². The van der Waals surface area contributed by atoms with Crippen molar-refractivity contribution in [3.8, 4) is 5.75 Å². The van der Waals surface area contributed by atoms with Crippen LogP contribution in [0.3, 0.4) is 0 Å². The van der Waals surface area contributed by atoms with Crippen molar-refractivity contribution in [2.75, 3.05) is 6.26 Å². The Balaban J connectivity index is 1.88. The first-order valence-electron chi connectivity index (χ1n) is 6.53. The number of hydrogen-bond donors (Lipinski definition) is 1. The summed E-state index contributed by atoms with van der Waals surface area (Å²) in [5.74, 6) is 0.840. The number of nitrogens with two attached hydrogens (primary N) is 1. The van der Waals surface area contributed by atoms with Gasteiger partial charge in [-0.05, 0) is 42.2 Å². The van der Waals surface area contributed by atoms with Crippen LogP contribution in [-0.4, -0.2) is 6.26 Å². The molecule has 0 saturated heterocycles. The fourth-order valence-electron chi connectivity index (χ4n) is 2.50. The first-order valence-corrected chi connectivity index (χ1v) is 8.13. The highest BCUT2D eigenvalue weighted by molar-refractivity contribution is 7.98. The number of hydrogen-bond acceptors (Lipinski definition) is 3. The highest BCUT2D eigenvalue weighted by atomic mass is 35.5. The number of benzene rings is 2. The lowest BCUT2D eigenvalue weighted by Crippen LogP contribution is -2.24. The standard InChI is InChI=1S/C16H16ClNOS/c1-20-12-5-2-10(3-6-12)16-9-14(18)13-8-11(17)4-7-15(13)19-16/h2-8,14,16H,9,18H2,1H3. The van der Waals surface area contributed by atoms with Crippen LogP contribution >= 0.6 is 23.4 Å². The van der Waals surface area contributed by atoms with Gasteiger partial charge in [0.15, 0.2) is 0 Å². The van der Waals surface area contributed by atoms with Gasteiger partial charge in [0.1, 0.15) is 11.9 Å². The Morgan fingerprint density at radius 2 is 1.95 bits per heavy atom. The number of thioether (sulfide) groups is 1. The Hall–Kier alpha value is -1.16. The summed E-state index contributed by atoms with van der Waals surface area (Å²) < 4.78 is 6.07. The molecular formula is C16H16ClNOS. The van der Waals surface area contributed by atoms with E-state index in [9.17, 15) is 0 Å². The minimum Gasteiger partial charge on any atom is -0.485 e. The topological polar surface area (TPSA) is 35.2 Å². The summed E-state index contributed by atoms with van der Waals surface area (Å²) in [6.07, 6.45) is 2.85. The Bertz CT molecular complexity index is 614. The molecular weight excluding hydrogens is 290 g/mol. The van der Waals surface area contributed by atoms with Gasteiger partial charge < -0.3 is 10.5 Å². The number of rotatable bonds is 2. The molecule has 2 aromatic rings. The van der Waals surface area contributed by atoms with Crippen LogP contribution in [0, 0.1) is 0 Å². The molecule has 0 fully saturated rings. The molecule has 1 aliphatic heterocycles. The molecule has 0 spiro atoms. The van der Waals surface area contributed by atoms with Crippen molar-refractivity contribution >= 4 is 23.4 Å². The fraction of sp³-hybridized carbons (Fsp3) is 0.250. The van der Waals surface area contributed by atoms with E-state index in [4.69, 9.17) is 22.1 Å². The average Bonchev–Trinajstić information content (AvgIpc) is 2.48. The predicted octanol–water partition coefficient (Wildman–Crippen LogP) is 4.59. The van der Waals surface area contributed by atoms with Gasteiger partial charge in [0.2, 0.25) is 0 Å². The maximum Gasteiger partial charge on any atom is 0.126 e. The van der Waals surface area contributed by atoms with Crippen LogP contribution in [0.5, 0.6) is 5.75 Å². The van der Waals surface area contributed by atoms with E-state index in [0.717, 1.165) is 17.7 Å². The lowest BCUT2D eigenvalue weighted by Gasteiger charge is -2.30. The summed E-state index contributed by atoms with van der Waals surface area (Å²) >= 11 is 7.75. The van der Waals surface area contributed by atoms with Crippen molar-refractivity contribution in [2.45, 2.75) is 23.5 Å². The molecule has 0 saturated carbocycles. The van der Waals surface area contributed by atoms with Gasteiger partial charge in [-0.2, -0.15) is 0 Å². The van der Waals surface area contributed by atoms with Gasteiger partial charge >= 0.3 is 0 Å². The van der Waals surface area contributed by atoms with Gasteiger partial charge in [-0.1, -0.05) is 23.7 Å². The minimum atomic E-state index is -0.0392. The zero-order valence-corrected chi connectivity index (χ0v) is 12.7. The molecule has 0 radical (unpaired) electrons. The molecule has 2 aromatic carbocycles. The lowest BCUT2D eigenvalue weighted by molar-refractivity contribution is 0.161. The van der Waals surface area contributed by atoms with Gasteiger partial charge in [-0.3, -0.25) is 0 Å². The fourth-order valence-corrected chi connectivity index (χ4v) is 3.09. The smallest absolute Gasteiger partial charge is 0.126 e. The van der Waals surface area contributed by atoms with Crippen LogP contribution in [-0.2, 0) is 0 Å². The van der Waals surface area contributed by atoms with Crippen molar-refractivity contribution in [1.82, 2.24) is 0 Å². The first-order chi connectivity index (χ1) is 9.67. The summed E-state index contributed by atoms with van der Waals surface area (Å²) in [5, 5.41) is 0.700. The second-order valence-electron chi connectivity index (χ2n) is 4.90. The van der Waals surface area contributed by atoms with Crippen LogP contribution in [0.15, 0.2) is 47.4 Å². The van der Waals surface area contributed by atoms with E-state index in [1.54, 1.807) is 11.8 Å². The molecule has 0 bridgehead atoms. The van der Waals surface area contributed by atoms with Gasteiger partial charge in [-0.25, -0.2) is 0 Å². The minimum absolute atomic E-state index is 0.00887. The molecule has 1 aliphatic rings. The molecule has 2 unspecified atom stereocenters. The van der Waals surface area contributed by atoms with Crippen molar-refractivity contribution < 1.29 is 4.74 Å². The zero-order valence-electron chi connectivity index (χ0n) is 11.2. The Morgan fingerprint density at radius 3 is 2.65 bits per heavy atom. The molecule has 20 heavy (non-hydrogen) atoms. The third kappa shape index (κ3) is 2.66. The summed E-state index contributed by atoms with van der Waals surface area (Å²) in [5.41, 5.74) is 8.42. The summed E-state index contributed by atoms with van der Waals surface area (Å²) in [4.78, 5) is 1.25. The monoisotopic (exact) mass is 305 g/mol. The quantitative estimate of drug-likeness (QED) is 0.824. The van der Waals surface area contributed by atoms with E-state index in [0.29, 0.717) is 5.02 Å². The summed E-state index contributed by atoms with van der Waals surface area (Å²) in [6, 6.07) is 14.1. The summed E-state index contributed by atoms with van der Waals surface area (Å²) in [6.45, 7) is 0. The van der Waals surface area contributed by atoms with Crippen molar-refractivity contribution in [3.05, 3.63) is 58.6 Å². The average molecular weight is 306 g/mol. The second kappa shape index (κ2) is 5.68. The van der Waals surface area contributed by atoms with E-state index < -0.39 is 0 Å². The Labute approximate surface area is 128 Å². The normalized spacial score (nSPS) is 21.1. The SMILES string of the molecule is CSc1ccc(C2CC(N)c3cc(Cl)ccc3O2)cc1. The molecule has 2 nitrogen and oxygen atoms in total. The van der Waals surface area contributed by atoms with Crippen LogP contribution in [0.2, 0.25) is 5.02 Å².